The molecule has 4 nitrogen and oxygen atoms in total. The third-order valence-corrected chi connectivity index (χ3v) is 2.28. The normalized spacial score (nSPS) is 10.7. The van der Waals surface area contributed by atoms with Crippen LogP contribution in [-0.4, -0.2) is 39.1 Å². The minimum Gasteiger partial charge on any atom is -0.366 e. The van der Waals surface area contributed by atoms with Gasteiger partial charge in [-0.25, -0.2) is 8.42 Å². The van der Waals surface area contributed by atoms with E-state index in [0.717, 1.165) is 0 Å². The predicted octanol–water partition coefficient (Wildman–Crippen LogP) is -0.875. The monoisotopic (exact) mass is 196 g/mol. The maximum absolute atomic E-state index is 10.6. The van der Waals surface area contributed by atoms with Gasteiger partial charge in [0.2, 0.25) is 0 Å². The lowest BCUT2D eigenvalue weighted by Crippen LogP contribution is -2.35. The summed E-state index contributed by atoms with van der Waals surface area (Å²) < 4.78 is 21.2. The van der Waals surface area contributed by atoms with Crippen LogP contribution in [0.5, 0.6) is 0 Å². The fourth-order valence-electron chi connectivity index (χ4n) is 0.438. The summed E-state index contributed by atoms with van der Waals surface area (Å²) in [5.74, 6) is 0.106. The Kier molecular flexibility index (Phi) is 4.36. The molecule has 0 aromatic rings. The van der Waals surface area contributed by atoms with E-state index in [1.165, 1.54) is 6.26 Å². The molecule has 0 bridgehead atoms. The van der Waals surface area contributed by atoms with Crippen LogP contribution in [0.3, 0.4) is 0 Å². The summed E-state index contributed by atoms with van der Waals surface area (Å²) in [6.07, 6.45) is 1.19. The summed E-state index contributed by atoms with van der Waals surface area (Å²) in [5.41, 5.74) is 0. The summed E-state index contributed by atoms with van der Waals surface area (Å²) in [6, 6.07) is 0. The summed E-state index contributed by atoms with van der Waals surface area (Å²) in [7, 11) is -1.20. The smallest absolute Gasteiger partial charge is 0.166 e. The minimum atomic E-state index is -2.88. The lowest BCUT2D eigenvalue weighted by Gasteiger charge is -2.04. The van der Waals surface area contributed by atoms with Crippen molar-refractivity contribution in [2.45, 2.75) is 0 Å². The Balaban J connectivity index is 3.51. The van der Waals surface area contributed by atoms with Crippen LogP contribution in [0.1, 0.15) is 0 Å². The van der Waals surface area contributed by atoms with Crippen molar-refractivity contribution in [1.29, 1.82) is 0 Å². The van der Waals surface area contributed by atoms with Gasteiger partial charge in [0.25, 0.3) is 0 Å². The largest absolute Gasteiger partial charge is 0.366 e. The van der Waals surface area contributed by atoms with E-state index in [9.17, 15) is 8.42 Å². The van der Waals surface area contributed by atoms with E-state index in [1.807, 2.05) is 0 Å². The van der Waals surface area contributed by atoms with Crippen LogP contribution in [0, 0.1) is 0 Å². The zero-order valence-electron chi connectivity index (χ0n) is 6.55. The van der Waals surface area contributed by atoms with Gasteiger partial charge in [-0.1, -0.05) is 0 Å². The van der Waals surface area contributed by atoms with Crippen molar-refractivity contribution in [3.05, 3.63) is 0 Å². The SMILES string of the molecule is CNC(=S)NCCS(C)(=O)=O. The van der Waals surface area contributed by atoms with Crippen LogP contribution < -0.4 is 10.6 Å². The van der Waals surface area contributed by atoms with Crippen molar-refractivity contribution in [1.82, 2.24) is 10.6 Å². The van der Waals surface area contributed by atoms with Gasteiger partial charge < -0.3 is 10.6 Å². The predicted molar refractivity (Wildman–Crippen MR) is 49.4 cm³/mol. The molecule has 0 spiro atoms. The molecule has 11 heavy (non-hydrogen) atoms. The average molecular weight is 196 g/mol. The Hall–Kier alpha value is -0.360. The van der Waals surface area contributed by atoms with E-state index in [4.69, 9.17) is 12.2 Å². The van der Waals surface area contributed by atoms with Gasteiger partial charge >= 0.3 is 0 Å². The standard InChI is InChI=1S/C5H12N2O2S2/c1-6-5(10)7-3-4-11(2,8)9/h3-4H2,1-2H3,(H2,6,7,10). The second-order valence-corrected chi connectivity index (χ2v) is 4.80. The number of thiocarbonyl (C=S) groups is 1. The molecular weight excluding hydrogens is 184 g/mol. The topological polar surface area (TPSA) is 58.2 Å². The van der Waals surface area contributed by atoms with Gasteiger partial charge in [0.15, 0.2) is 5.11 Å². The summed E-state index contributed by atoms with van der Waals surface area (Å²) in [4.78, 5) is 0. The van der Waals surface area contributed by atoms with Crippen LogP contribution in [-0.2, 0) is 9.84 Å². The first-order valence-corrected chi connectivity index (χ1v) is 5.56. The highest BCUT2D eigenvalue weighted by molar-refractivity contribution is 7.90. The molecule has 0 aliphatic heterocycles. The molecule has 0 fully saturated rings. The zero-order valence-corrected chi connectivity index (χ0v) is 8.18. The van der Waals surface area contributed by atoms with Gasteiger partial charge in [0.1, 0.15) is 9.84 Å². The third-order valence-electron chi connectivity index (χ3n) is 0.985. The molecule has 0 radical (unpaired) electrons. The Morgan fingerprint density at radius 1 is 1.55 bits per heavy atom. The summed E-state index contributed by atoms with van der Waals surface area (Å²) in [5, 5.41) is 5.87. The van der Waals surface area contributed by atoms with Crippen LogP contribution in [0.4, 0.5) is 0 Å². The Bertz CT molecular complexity index is 223. The lowest BCUT2D eigenvalue weighted by atomic mass is 10.7. The number of sulfone groups is 1. The van der Waals surface area contributed by atoms with Crippen molar-refractivity contribution in [2.75, 3.05) is 25.6 Å². The zero-order chi connectivity index (χ0) is 8.91. The summed E-state index contributed by atoms with van der Waals surface area (Å²) in [6.45, 7) is 0.360. The molecule has 66 valence electrons. The highest BCUT2D eigenvalue weighted by Gasteiger charge is 2.00. The fourth-order valence-corrected chi connectivity index (χ4v) is 1.01. The number of hydrogen-bond donors (Lipinski definition) is 2. The van der Waals surface area contributed by atoms with Gasteiger partial charge in [-0.15, -0.1) is 0 Å². The van der Waals surface area contributed by atoms with Crippen molar-refractivity contribution in [2.24, 2.45) is 0 Å². The van der Waals surface area contributed by atoms with Crippen LogP contribution in [0.25, 0.3) is 0 Å². The van der Waals surface area contributed by atoms with Gasteiger partial charge in [0.05, 0.1) is 5.75 Å². The van der Waals surface area contributed by atoms with Crippen LogP contribution in [0.2, 0.25) is 0 Å². The molecule has 0 aromatic heterocycles. The molecule has 0 amide bonds. The molecule has 6 heteroatoms. The quantitative estimate of drug-likeness (QED) is 0.574. The Morgan fingerprint density at radius 2 is 2.09 bits per heavy atom. The first-order chi connectivity index (χ1) is 4.95. The molecule has 0 atom stereocenters. The average Bonchev–Trinajstić information content (AvgIpc) is 1.85. The second kappa shape index (κ2) is 4.50. The molecule has 0 heterocycles. The van der Waals surface area contributed by atoms with Crippen molar-refractivity contribution >= 4 is 27.2 Å². The first-order valence-electron chi connectivity index (χ1n) is 3.09. The molecule has 0 saturated heterocycles. The molecule has 2 N–H and O–H groups in total. The van der Waals surface area contributed by atoms with Gasteiger partial charge in [-0.3, -0.25) is 0 Å². The Labute approximate surface area is 72.3 Å². The van der Waals surface area contributed by atoms with E-state index < -0.39 is 9.84 Å². The number of hydrogen-bond acceptors (Lipinski definition) is 3. The van der Waals surface area contributed by atoms with Crippen molar-refractivity contribution in [3.8, 4) is 0 Å². The van der Waals surface area contributed by atoms with Crippen LogP contribution >= 0.6 is 12.2 Å². The number of nitrogens with one attached hydrogen (secondary N) is 2. The maximum atomic E-state index is 10.6. The Morgan fingerprint density at radius 3 is 2.45 bits per heavy atom. The molecular formula is C5H12N2O2S2. The van der Waals surface area contributed by atoms with Crippen LogP contribution in [0.15, 0.2) is 0 Å². The van der Waals surface area contributed by atoms with E-state index in [2.05, 4.69) is 10.6 Å². The van der Waals surface area contributed by atoms with E-state index in [-0.39, 0.29) is 5.75 Å². The second-order valence-electron chi connectivity index (χ2n) is 2.14. The first kappa shape index (κ1) is 10.6. The number of rotatable bonds is 3. The fraction of sp³-hybridized carbons (Fsp3) is 0.800. The van der Waals surface area contributed by atoms with Gasteiger partial charge in [-0.05, 0) is 12.2 Å². The highest BCUT2D eigenvalue weighted by Crippen LogP contribution is 1.78. The maximum Gasteiger partial charge on any atom is 0.166 e. The third kappa shape index (κ3) is 7.54. The molecule has 0 aliphatic rings. The van der Waals surface area contributed by atoms with E-state index in [1.54, 1.807) is 7.05 Å². The van der Waals surface area contributed by atoms with Gasteiger partial charge in [0, 0.05) is 19.8 Å². The minimum absolute atomic E-state index is 0.106. The van der Waals surface area contributed by atoms with E-state index >= 15 is 0 Å². The molecule has 0 unspecified atom stereocenters. The van der Waals surface area contributed by atoms with E-state index in [0.29, 0.717) is 11.7 Å². The van der Waals surface area contributed by atoms with Crippen molar-refractivity contribution < 1.29 is 8.42 Å². The molecule has 0 aromatic carbocycles. The van der Waals surface area contributed by atoms with Gasteiger partial charge in [-0.2, -0.15) is 0 Å². The summed E-state index contributed by atoms with van der Waals surface area (Å²) >= 11 is 4.73. The lowest BCUT2D eigenvalue weighted by molar-refractivity contribution is 0.600. The molecule has 0 saturated carbocycles. The highest BCUT2D eigenvalue weighted by atomic mass is 32.2. The molecule has 0 aliphatic carbocycles. The molecule has 0 rings (SSSR count). The van der Waals surface area contributed by atoms with Crippen molar-refractivity contribution in [3.63, 3.8) is 0 Å².